The lowest BCUT2D eigenvalue weighted by molar-refractivity contribution is -0.175. The molecular weight excluding hydrogens is 334 g/mol. The summed E-state index contributed by atoms with van der Waals surface area (Å²) in [6.07, 6.45) is 4.03. The highest BCUT2D eigenvalue weighted by Gasteiger charge is 2.36. The molecule has 0 unspecified atom stereocenters. The molecule has 0 bridgehead atoms. The van der Waals surface area contributed by atoms with Gasteiger partial charge in [-0.1, -0.05) is 6.07 Å². The lowest BCUT2D eigenvalue weighted by atomic mass is 9.90. The van der Waals surface area contributed by atoms with Crippen LogP contribution in [0.3, 0.4) is 0 Å². The van der Waals surface area contributed by atoms with Gasteiger partial charge in [-0.25, -0.2) is 0 Å². The van der Waals surface area contributed by atoms with Crippen molar-refractivity contribution in [1.82, 2.24) is 4.98 Å². The van der Waals surface area contributed by atoms with E-state index in [0.29, 0.717) is 6.42 Å². The summed E-state index contributed by atoms with van der Waals surface area (Å²) in [6.45, 7) is 10.3. The van der Waals surface area contributed by atoms with Crippen molar-refractivity contribution in [3.8, 4) is 0 Å². The second-order valence-electron chi connectivity index (χ2n) is 8.47. The highest BCUT2D eigenvalue weighted by Crippen LogP contribution is 2.24. The largest absolute Gasteiger partial charge is 0.459 e. The molecule has 146 valence electrons. The molecule has 0 saturated heterocycles. The first-order valence-corrected chi connectivity index (χ1v) is 8.87. The molecule has 0 aliphatic heterocycles. The Balaban J connectivity index is 2.94. The van der Waals surface area contributed by atoms with Crippen LogP contribution in [0.15, 0.2) is 24.5 Å². The van der Waals surface area contributed by atoms with E-state index >= 15 is 0 Å². The quantitative estimate of drug-likeness (QED) is 0.591. The minimum atomic E-state index is -1.08. The van der Waals surface area contributed by atoms with E-state index in [-0.39, 0.29) is 18.9 Å². The van der Waals surface area contributed by atoms with E-state index in [1.165, 1.54) is 0 Å². The summed E-state index contributed by atoms with van der Waals surface area (Å²) >= 11 is 0. The molecule has 0 aliphatic carbocycles. The molecule has 1 rings (SSSR count). The number of hydrogen-bond donors (Lipinski definition) is 1. The zero-order valence-electron chi connectivity index (χ0n) is 16.6. The van der Waals surface area contributed by atoms with Gasteiger partial charge in [-0.05, 0) is 71.9 Å². The predicted octanol–water partition coefficient (Wildman–Crippen LogP) is 2.92. The summed E-state index contributed by atoms with van der Waals surface area (Å²) in [7, 11) is 0. The molecule has 26 heavy (non-hydrogen) atoms. The van der Waals surface area contributed by atoms with Crippen LogP contribution in [0.25, 0.3) is 0 Å². The van der Waals surface area contributed by atoms with Gasteiger partial charge in [-0.15, -0.1) is 0 Å². The normalized spacial score (nSPS) is 13.4. The number of rotatable bonds is 7. The summed E-state index contributed by atoms with van der Waals surface area (Å²) in [4.78, 5) is 29.2. The first kappa shape index (κ1) is 22.1. The van der Waals surface area contributed by atoms with Crippen LogP contribution in [0, 0.1) is 11.8 Å². The van der Waals surface area contributed by atoms with E-state index in [9.17, 15) is 14.7 Å². The number of hydrogen-bond acceptors (Lipinski definition) is 6. The van der Waals surface area contributed by atoms with E-state index in [2.05, 4.69) is 4.98 Å². The van der Waals surface area contributed by atoms with Crippen molar-refractivity contribution in [3.63, 3.8) is 0 Å². The van der Waals surface area contributed by atoms with Crippen molar-refractivity contribution in [2.75, 3.05) is 6.61 Å². The van der Waals surface area contributed by atoms with Gasteiger partial charge in [0.05, 0.1) is 0 Å². The molecule has 6 heteroatoms. The first-order chi connectivity index (χ1) is 11.9. The van der Waals surface area contributed by atoms with Crippen molar-refractivity contribution >= 4 is 11.9 Å². The molecule has 0 radical (unpaired) electrons. The molecule has 0 aliphatic rings. The van der Waals surface area contributed by atoms with Crippen LogP contribution < -0.4 is 0 Å². The Morgan fingerprint density at radius 2 is 1.62 bits per heavy atom. The standard InChI is InChI=1S/C20H31NO5/c1-19(2,3)25-17(23)16(18(24)26-20(4,5)6)11-15(13-22)10-14-8-7-9-21-12-14/h7-9,12,15-16,22H,10-11,13H2,1-6H3/t15-/m1/s1. The van der Waals surface area contributed by atoms with Gasteiger partial charge in [-0.2, -0.15) is 0 Å². The second-order valence-corrected chi connectivity index (χ2v) is 8.47. The zero-order valence-corrected chi connectivity index (χ0v) is 16.6. The Morgan fingerprint density at radius 3 is 2.00 bits per heavy atom. The number of aliphatic hydroxyl groups is 1. The number of esters is 2. The number of nitrogens with zero attached hydrogens (tertiary/aromatic N) is 1. The fourth-order valence-corrected chi connectivity index (χ4v) is 2.44. The molecule has 0 saturated carbocycles. The van der Waals surface area contributed by atoms with Gasteiger partial charge < -0.3 is 14.6 Å². The van der Waals surface area contributed by atoms with E-state index in [1.54, 1.807) is 53.9 Å². The average molecular weight is 365 g/mol. The monoisotopic (exact) mass is 365 g/mol. The molecule has 1 N–H and O–H groups in total. The van der Waals surface area contributed by atoms with Gasteiger partial charge in [0.15, 0.2) is 5.92 Å². The Bertz CT molecular complexity index is 558. The maximum Gasteiger partial charge on any atom is 0.320 e. The summed E-state index contributed by atoms with van der Waals surface area (Å²) in [5, 5.41) is 9.74. The van der Waals surface area contributed by atoms with Crippen molar-refractivity contribution < 1.29 is 24.2 Å². The molecule has 0 fully saturated rings. The molecule has 0 spiro atoms. The number of carbonyl (C=O) groups excluding carboxylic acids is 2. The lowest BCUT2D eigenvalue weighted by Gasteiger charge is -2.28. The van der Waals surface area contributed by atoms with E-state index in [0.717, 1.165) is 5.56 Å². The second kappa shape index (κ2) is 9.12. The number of pyridine rings is 1. The van der Waals surface area contributed by atoms with Gasteiger partial charge in [0.25, 0.3) is 0 Å². The van der Waals surface area contributed by atoms with Crippen LogP contribution >= 0.6 is 0 Å². The van der Waals surface area contributed by atoms with E-state index in [1.807, 2.05) is 12.1 Å². The SMILES string of the molecule is CC(C)(C)OC(=O)C(C[C@H](CO)Cc1cccnc1)C(=O)OC(C)(C)C. The number of aliphatic hydroxyl groups excluding tert-OH is 1. The third kappa shape index (κ3) is 8.43. The van der Waals surface area contributed by atoms with E-state index < -0.39 is 29.1 Å². The van der Waals surface area contributed by atoms with Gasteiger partial charge in [-0.3, -0.25) is 14.6 Å². The molecular formula is C20H31NO5. The fraction of sp³-hybridized carbons (Fsp3) is 0.650. The van der Waals surface area contributed by atoms with Crippen LogP contribution in [0.1, 0.15) is 53.5 Å². The minimum absolute atomic E-state index is 0.148. The fourth-order valence-electron chi connectivity index (χ4n) is 2.44. The van der Waals surface area contributed by atoms with E-state index in [4.69, 9.17) is 9.47 Å². The van der Waals surface area contributed by atoms with Crippen molar-refractivity contribution in [2.24, 2.45) is 11.8 Å². The lowest BCUT2D eigenvalue weighted by Crippen LogP contribution is -2.38. The molecule has 1 aromatic heterocycles. The summed E-state index contributed by atoms with van der Waals surface area (Å²) in [5.74, 6) is -2.63. The Labute approximate surface area is 155 Å². The highest BCUT2D eigenvalue weighted by molar-refractivity contribution is 5.95. The number of aromatic nitrogens is 1. The van der Waals surface area contributed by atoms with Crippen molar-refractivity contribution in [3.05, 3.63) is 30.1 Å². The highest BCUT2D eigenvalue weighted by atomic mass is 16.6. The molecule has 1 heterocycles. The molecule has 1 atom stereocenters. The maximum absolute atomic E-state index is 12.6. The Hall–Kier alpha value is -1.95. The summed E-state index contributed by atoms with van der Waals surface area (Å²) < 4.78 is 10.8. The average Bonchev–Trinajstić information content (AvgIpc) is 2.48. The Kier molecular flexibility index (Phi) is 7.75. The van der Waals surface area contributed by atoms with Gasteiger partial charge in [0, 0.05) is 19.0 Å². The molecule has 1 aromatic rings. The Morgan fingerprint density at radius 1 is 1.08 bits per heavy atom. The van der Waals surface area contributed by atoms with Crippen LogP contribution in [-0.4, -0.2) is 39.8 Å². The maximum atomic E-state index is 12.6. The van der Waals surface area contributed by atoms with Gasteiger partial charge >= 0.3 is 11.9 Å². The van der Waals surface area contributed by atoms with Crippen molar-refractivity contribution in [1.29, 1.82) is 0 Å². The minimum Gasteiger partial charge on any atom is -0.459 e. The van der Waals surface area contributed by atoms with Crippen LogP contribution in [0.5, 0.6) is 0 Å². The predicted molar refractivity (Wildman–Crippen MR) is 98.3 cm³/mol. The van der Waals surface area contributed by atoms with Gasteiger partial charge in [0.1, 0.15) is 11.2 Å². The topological polar surface area (TPSA) is 85.7 Å². The summed E-state index contributed by atoms with van der Waals surface area (Å²) in [5.41, 5.74) is -0.496. The number of carbonyl (C=O) groups is 2. The molecule has 0 aromatic carbocycles. The van der Waals surface area contributed by atoms with Crippen molar-refractivity contribution in [2.45, 2.75) is 65.6 Å². The van der Waals surface area contributed by atoms with Crippen LogP contribution in [-0.2, 0) is 25.5 Å². The van der Waals surface area contributed by atoms with Crippen LogP contribution in [0.2, 0.25) is 0 Å². The molecule has 0 amide bonds. The zero-order chi connectivity index (χ0) is 20.0. The first-order valence-electron chi connectivity index (χ1n) is 8.87. The number of ether oxygens (including phenoxy) is 2. The third-order valence-electron chi connectivity index (χ3n) is 3.46. The summed E-state index contributed by atoms with van der Waals surface area (Å²) in [6, 6.07) is 3.70. The smallest absolute Gasteiger partial charge is 0.320 e. The third-order valence-corrected chi connectivity index (χ3v) is 3.46. The van der Waals surface area contributed by atoms with Gasteiger partial charge in [0.2, 0.25) is 0 Å². The molecule has 6 nitrogen and oxygen atoms in total. The van der Waals surface area contributed by atoms with Crippen LogP contribution in [0.4, 0.5) is 0 Å².